The van der Waals surface area contributed by atoms with E-state index in [0.717, 1.165) is 6.42 Å². The van der Waals surface area contributed by atoms with Gasteiger partial charge in [-0.05, 0) is 37.3 Å². The third kappa shape index (κ3) is 2.01. The van der Waals surface area contributed by atoms with Crippen LogP contribution in [0.5, 0.6) is 0 Å². The van der Waals surface area contributed by atoms with E-state index < -0.39 is 22.6 Å². The second-order valence-corrected chi connectivity index (χ2v) is 6.70. The van der Waals surface area contributed by atoms with Gasteiger partial charge in [-0.25, -0.2) is 0 Å². The van der Waals surface area contributed by atoms with Crippen LogP contribution >= 0.6 is 0 Å². The Balaban J connectivity index is 1.68. The zero-order valence-electron chi connectivity index (χ0n) is 12.7. The Kier molecular flexibility index (Phi) is 3.27. The van der Waals surface area contributed by atoms with E-state index in [1.54, 1.807) is 18.2 Å². The number of rotatable bonds is 2. The Hall–Kier alpha value is -2.24. The fourth-order valence-corrected chi connectivity index (χ4v) is 3.77. The number of carbonyl (C=O) groups is 3. The van der Waals surface area contributed by atoms with Gasteiger partial charge in [-0.3, -0.25) is 30.2 Å². The maximum atomic E-state index is 12.6. The lowest BCUT2D eigenvalue weighted by atomic mass is 9.70. The topological polar surface area (TPSA) is 88.2 Å². The molecule has 2 unspecified atom stereocenters. The van der Waals surface area contributed by atoms with Crippen LogP contribution in [0.1, 0.15) is 43.6 Å². The molecule has 2 atom stereocenters. The predicted octanol–water partition coefficient (Wildman–Crippen LogP) is 1.24. The molecule has 2 fully saturated rings. The summed E-state index contributed by atoms with van der Waals surface area (Å²) in [6.45, 7) is 3.81. The molecule has 2 aliphatic carbocycles. The molecule has 1 aromatic heterocycles. The van der Waals surface area contributed by atoms with Crippen molar-refractivity contribution in [2.75, 3.05) is 0 Å². The molecule has 1 aromatic rings. The summed E-state index contributed by atoms with van der Waals surface area (Å²) in [7, 11) is 0. The molecule has 0 spiro atoms. The number of fused-ring (bicyclic) bond motifs is 2. The minimum atomic E-state index is -0.981. The molecule has 1 heterocycles. The number of ketones is 1. The standard InChI is InChI=1S/C16H19N3O3/c1-15(2)10-6-7-16(9-10,13(15)21)14(22)19-18-12(20)11-5-3-4-8-17-11/h3-5,8,10H,6-7,9H2,1-2H3,(H,18,20)(H,19,22). The average molecular weight is 301 g/mol. The van der Waals surface area contributed by atoms with Crippen molar-refractivity contribution in [3.63, 3.8) is 0 Å². The van der Waals surface area contributed by atoms with Crippen molar-refractivity contribution in [1.82, 2.24) is 15.8 Å². The molecule has 2 amide bonds. The van der Waals surface area contributed by atoms with E-state index in [4.69, 9.17) is 0 Å². The Morgan fingerprint density at radius 3 is 2.64 bits per heavy atom. The van der Waals surface area contributed by atoms with Crippen molar-refractivity contribution in [2.45, 2.75) is 33.1 Å². The normalized spacial score (nSPS) is 28.5. The molecule has 2 aliphatic rings. The quantitative estimate of drug-likeness (QED) is 0.635. The molecule has 22 heavy (non-hydrogen) atoms. The summed E-state index contributed by atoms with van der Waals surface area (Å²) in [6, 6.07) is 4.94. The lowest BCUT2D eigenvalue weighted by molar-refractivity contribution is -0.145. The minimum absolute atomic E-state index is 0.0131. The van der Waals surface area contributed by atoms with Crippen LogP contribution < -0.4 is 10.9 Å². The Labute approximate surface area is 128 Å². The zero-order valence-corrected chi connectivity index (χ0v) is 12.7. The summed E-state index contributed by atoms with van der Waals surface area (Å²) in [5.74, 6) is -0.669. The number of carbonyl (C=O) groups excluding carboxylic acids is 3. The van der Waals surface area contributed by atoms with Gasteiger partial charge in [0.15, 0.2) is 5.78 Å². The molecule has 0 radical (unpaired) electrons. The number of Topliss-reactive ketones (excluding diaryl/α,β-unsaturated/α-hetero) is 1. The van der Waals surface area contributed by atoms with Crippen molar-refractivity contribution >= 4 is 17.6 Å². The molecule has 0 aromatic carbocycles. The second-order valence-electron chi connectivity index (χ2n) is 6.70. The van der Waals surface area contributed by atoms with E-state index in [-0.39, 0.29) is 17.4 Å². The lowest BCUT2D eigenvalue weighted by Gasteiger charge is -2.32. The molecule has 116 valence electrons. The van der Waals surface area contributed by atoms with Gasteiger partial charge in [-0.15, -0.1) is 0 Å². The van der Waals surface area contributed by atoms with Crippen LogP contribution in [0, 0.1) is 16.7 Å². The van der Waals surface area contributed by atoms with E-state index in [0.29, 0.717) is 12.8 Å². The highest BCUT2D eigenvalue weighted by molar-refractivity contribution is 6.11. The number of hydrogen-bond donors (Lipinski definition) is 2. The molecule has 2 N–H and O–H groups in total. The Bertz CT molecular complexity index is 641. The van der Waals surface area contributed by atoms with Gasteiger partial charge in [0.2, 0.25) is 0 Å². The molecule has 0 saturated heterocycles. The van der Waals surface area contributed by atoms with E-state index in [1.807, 2.05) is 13.8 Å². The molecular formula is C16H19N3O3. The van der Waals surface area contributed by atoms with Crippen molar-refractivity contribution < 1.29 is 14.4 Å². The number of amides is 2. The fraction of sp³-hybridized carbons (Fsp3) is 0.500. The SMILES string of the molecule is CC1(C)C(=O)C2(C(=O)NNC(=O)c3ccccn3)CCC1C2. The van der Waals surface area contributed by atoms with Gasteiger partial charge in [0.05, 0.1) is 0 Å². The highest BCUT2D eigenvalue weighted by atomic mass is 16.2. The van der Waals surface area contributed by atoms with Crippen LogP contribution in [-0.2, 0) is 9.59 Å². The van der Waals surface area contributed by atoms with E-state index in [1.165, 1.54) is 6.20 Å². The van der Waals surface area contributed by atoms with Gasteiger partial charge in [0.25, 0.3) is 11.8 Å². The summed E-state index contributed by atoms with van der Waals surface area (Å²) in [5, 5.41) is 0. The monoisotopic (exact) mass is 301 g/mol. The van der Waals surface area contributed by atoms with E-state index in [9.17, 15) is 14.4 Å². The first-order chi connectivity index (χ1) is 10.4. The smallest absolute Gasteiger partial charge is 0.288 e. The first-order valence-corrected chi connectivity index (χ1v) is 7.45. The van der Waals surface area contributed by atoms with Crippen LogP contribution in [0.15, 0.2) is 24.4 Å². The second kappa shape index (κ2) is 4.90. The number of hydrazine groups is 1. The van der Waals surface area contributed by atoms with Gasteiger partial charge in [0.1, 0.15) is 11.1 Å². The molecule has 6 nitrogen and oxygen atoms in total. The van der Waals surface area contributed by atoms with E-state index in [2.05, 4.69) is 15.8 Å². The van der Waals surface area contributed by atoms with Crippen LogP contribution in [0.2, 0.25) is 0 Å². The molecule has 3 rings (SSSR count). The number of aromatic nitrogens is 1. The van der Waals surface area contributed by atoms with E-state index >= 15 is 0 Å². The molecule has 0 aliphatic heterocycles. The Morgan fingerprint density at radius 1 is 1.27 bits per heavy atom. The number of nitrogens with zero attached hydrogens (tertiary/aromatic N) is 1. The molecule has 2 bridgehead atoms. The minimum Gasteiger partial charge on any atom is -0.298 e. The average Bonchev–Trinajstić information content (AvgIpc) is 3.05. The van der Waals surface area contributed by atoms with Gasteiger partial charge in [0, 0.05) is 11.6 Å². The zero-order chi connectivity index (χ0) is 16.0. The van der Waals surface area contributed by atoms with Crippen molar-refractivity contribution in [2.24, 2.45) is 16.7 Å². The number of hydrogen-bond acceptors (Lipinski definition) is 4. The van der Waals surface area contributed by atoms with Crippen LogP contribution in [-0.4, -0.2) is 22.6 Å². The fourth-order valence-electron chi connectivity index (χ4n) is 3.77. The number of nitrogens with one attached hydrogen (secondary N) is 2. The maximum absolute atomic E-state index is 12.6. The van der Waals surface area contributed by atoms with Crippen molar-refractivity contribution in [1.29, 1.82) is 0 Å². The van der Waals surface area contributed by atoms with Crippen molar-refractivity contribution in [3.8, 4) is 0 Å². The highest BCUT2D eigenvalue weighted by Gasteiger charge is 2.65. The summed E-state index contributed by atoms with van der Waals surface area (Å²) in [5.41, 5.74) is 3.53. The van der Waals surface area contributed by atoms with Crippen molar-refractivity contribution in [3.05, 3.63) is 30.1 Å². The molecular weight excluding hydrogens is 282 g/mol. The largest absolute Gasteiger partial charge is 0.298 e. The highest BCUT2D eigenvalue weighted by Crippen LogP contribution is 2.60. The van der Waals surface area contributed by atoms with Crippen LogP contribution in [0.25, 0.3) is 0 Å². The summed E-state index contributed by atoms with van der Waals surface area (Å²) >= 11 is 0. The summed E-state index contributed by atoms with van der Waals surface area (Å²) < 4.78 is 0. The predicted molar refractivity (Wildman–Crippen MR) is 78.4 cm³/mol. The third-order valence-electron chi connectivity index (χ3n) is 5.18. The van der Waals surface area contributed by atoms with Gasteiger partial charge in [-0.1, -0.05) is 19.9 Å². The molecule has 6 heteroatoms. The van der Waals surface area contributed by atoms with Gasteiger partial charge < -0.3 is 0 Å². The Morgan fingerprint density at radius 2 is 2.05 bits per heavy atom. The first kappa shape index (κ1) is 14.7. The van der Waals surface area contributed by atoms with Crippen LogP contribution in [0.3, 0.4) is 0 Å². The molecule has 2 saturated carbocycles. The van der Waals surface area contributed by atoms with Crippen LogP contribution in [0.4, 0.5) is 0 Å². The third-order valence-corrected chi connectivity index (χ3v) is 5.18. The lowest BCUT2D eigenvalue weighted by Crippen LogP contribution is -2.52. The first-order valence-electron chi connectivity index (χ1n) is 7.45. The van der Waals surface area contributed by atoms with Gasteiger partial charge >= 0.3 is 0 Å². The van der Waals surface area contributed by atoms with Gasteiger partial charge in [-0.2, -0.15) is 0 Å². The summed E-state index contributed by atoms with van der Waals surface area (Å²) in [6.07, 6.45) is 3.51. The summed E-state index contributed by atoms with van der Waals surface area (Å²) in [4.78, 5) is 40.9. The number of pyridine rings is 1. The maximum Gasteiger partial charge on any atom is 0.288 e.